The van der Waals surface area contributed by atoms with Crippen LogP contribution in [0.5, 0.6) is 0 Å². The van der Waals surface area contributed by atoms with Gasteiger partial charge in [-0.05, 0) is 59.3 Å². The summed E-state index contributed by atoms with van der Waals surface area (Å²) in [5.41, 5.74) is 6.19. The van der Waals surface area contributed by atoms with Gasteiger partial charge in [0.15, 0.2) is 5.78 Å². The molecule has 396 valence electrons. The van der Waals surface area contributed by atoms with Crippen molar-refractivity contribution in [3.8, 4) is 0 Å². The lowest BCUT2D eigenvalue weighted by Crippen LogP contribution is -2.75. The third-order valence-corrected chi connectivity index (χ3v) is 12.7. The first kappa shape index (κ1) is 62.9. The van der Waals surface area contributed by atoms with E-state index in [1.807, 2.05) is 0 Å². The van der Waals surface area contributed by atoms with Crippen molar-refractivity contribution in [2.75, 3.05) is 32.8 Å². The van der Waals surface area contributed by atoms with E-state index >= 15 is 0 Å². The van der Waals surface area contributed by atoms with E-state index in [1.165, 1.54) is 114 Å². The summed E-state index contributed by atoms with van der Waals surface area (Å²) in [4.78, 5) is 66.3. The molecule has 0 unspecified atom stereocenters. The second-order valence-electron chi connectivity index (χ2n) is 20.1. The number of aliphatic hydroxyl groups excluding tert-OH is 3. The fraction of sp³-hybridized carbons (Fsp3) is 0.868. The van der Waals surface area contributed by atoms with Crippen molar-refractivity contribution < 1.29 is 48.8 Å². The molecule has 0 aromatic carbocycles. The Balaban J connectivity index is 2.88. The van der Waals surface area contributed by atoms with Gasteiger partial charge in [-0.1, -0.05) is 174 Å². The molecule has 1 aliphatic heterocycles. The van der Waals surface area contributed by atoms with Crippen LogP contribution in [0.15, 0.2) is 12.2 Å². The number of ether oxygens (including phenoxy) is 2. The number of nitrogens with one attached hydrogen (secondary N) is 3. The number of allylic oxidation sites excluding steroid dienone is 2. The minimum absolute atomic E-state index is 0.124. The molecule has 0 radical (unpaired) electrons. The van der Waals surface area contributed by atoms with Gasteiger partial charge in [0.05, 0.1) is 25.8 Å². The summed E-state index contributed by atoms with van der Waals surface area (Å²) >= 11 is 0. The molecular formula is C53H99N5O10. The number of aliphatic hydroxyl groups is 3. The van der Waals surface area contributed by atoms with Crippen LogP contribution < -0.4 is 21.7 Å². The lowest BCUT2D eigenvalue weighted by Gasteiger charge is -2.52. The van der Waals surface area contributed by atoms with Crippen molar-refractivity contribution in [1.29, 1.82) is 0 Å². The van der Waals surface area contributed by atoms with E-state index in [1.54, 1.807) is 20.8 Å². The van der Waals surface area contributed by atoms with Crippen LogP contribution in [-0.4, -0.2) is 112 Å². The predicted molar refractivity (Wildman–Crippen MR) is 270 cm³/mol. The molecule has 0 spiro atoms. The molecule has 15 heteroatoms. The van der Waals surface area contributed by atoms with Gasteiger partial charge < -0.3 is 45.6 Å². The number of unbranched alkanes of at least 4 members (excludes halogenated alkanes) is 26. The van der Waals surface area contributed by atoms with E-state index in [-0.39, 0.29) is 18.9 Å². The Labute approximate surface area is 411 Å². The number of alkyl carbamates (subject to hydrolysis) is 1. The smallest absolute Gasteiger partial charge is 0.408 e. The second-order valence-corrected chi connectivity index (χ2v) is 20.1. The quantitative estimate of drug-likeness (QED) is 0.0174. The Morgan fingerprint density at radius 2 is 1.01 bits per heavy atom. The predicted octanol–water partition coefficient (Wildman–Crippen LogP) is 8.78. The van der Waals surface area contributed by atoms with E-state index in [4.69, 9.17) is 15.2 Å². The van der Waals surface area contributed by atoms with Gasteiger partial charge in [-0.25, -0.2) is 4.79 Å². The molecule has 1 fully saturated rings. The minimum Gasteiger partial charge on any atom is -0.444 e. The molecule has 0 aromatic heterocycles. The summed E-state index contributed by atoms with van der Waals surface area (Å²) < 4.78 is 11.2. The van der Waals surface area contributed by atoms with Crippen molar-refractivity contribution in [2.45, 2.75) is 257 Å². The van der Waals surface area contributed by atoms with Crippen molar-refractivity contribution >= 4 is 29.6 Å². The molecule has 1 rings (SSSR count). The maximum atomic E-state index is 14.2. The van der Waals surface area contributed by atoms with E-state index in [2.05, 4.69) is 41.9 Å². The van der Waals surface area contributed by atoms with Gasteiger partial charge in [0.2, 0.25) is 23.6 Å². The highest BCUT2D eigenvalue weighted by molar-refractivity contribution is 5.91. The molecule has 5 atom stereocenters. The van der Waals surface area contributed by atoms with Crippen LogP contribution in [0.4, 0.5) is 4.79 Å². The van der Waals surface area contributed by atoms with E-state index in [0.717, 1.165) is 64.2 Å². The van der Waals surface area contributed by atoms with Crippen molar-refractivity contribution in [1.82, 2.24) is 20.9 Å². The Bertz CT molecular complexity index is 1390. The molecule has 15 nitrogen and oxygen atoms in total. The van der Waals surface area contributed by atoms with Gasteiger partial charge in [-0.3, -0.25) is 24.9 Å². The van der Waals surface area contributed by atoms with Gasteiger partial charge in [0.1, 0.15) is 30.3 Å². The number of amides is 4. The lowest BCUT2D eigenvalue weighted by molar-refractivity contribution is -0.291. The number of carbonyl (C=O) groups is 5. The van der Waals surface area contributed by atoms with Crippen molar-refractivity contribution in [3.63, 3.8) is 0 Å². The van der Waals surface area contributed by atoms with Gasteiger partial charge in [-0.2, -0.15) is 0 Å². The molecule has 1 heterocycles. The molecule has 0 aromatic rings. The number of hydrogen-bond donors (Lipinski definition) is 7. The fourth-order valence-electron chi connectivity index (χ4n) is 8.71. The summed E-state index contributed by atoms with van der Waals surface area (Å²) in [5.74, 6) is -6.54. The number of nitrogens with zero attached hydrogens (tertiary/aromatic N) is 1. The fourth-order valence-corrected chi connectivity index (χ4v) is 8.71. The van der Waals surface area contributed by atoms with Crippen LogP contribution in [-0.2, 0) is 28.7 Å². The molecular weight excluding hydrogens is 867 g/mol. The van der Waals surface area contributed by atoms with Crippen LogP contribution in [0.3, 0.4) is 0 Å². The largest absolute Gasteiger partial charge is 0.444 e. The number of Topliss-reactive ketones (excluding diaryl/α,β-unsaturated/α-hetero) is 1. The summed E-state index contributed by atoms with van der Waals surface area (Å²) in [6, 6.07) is 0. The molecule has 0 aliphatic carbocycles. The Morgan fingerprint density at radius 1 is 0.603 bits per heavy atom. The average Bonchev–Trinajstić information content (AvgIpc) is 3.29. The molecule has 1 aliphatic rings. The number of rotatable bonds is 41. The number of hydrogen-bond acceptors (Lipinski definition) is 11. The van der Waals surface area contributed by atoms with Crippen LogP contribution >= 0.6 is 0 Å². The monoisotopic (exact) mass is 966 g/mol. The summed E-state index contributed by atoms with van der Waals surface area (Å²) in [5, 5.41) is 39.6. The van der Waals surface area contributed by atoms with E-state index < -0.39 is 85.6 Å². The van der Waals surface area contributed by atoms with Crippen LogP contribution in [0.2, 0.25) is 0 Å². The van der Waals surface area contributed by atoms with Crippen LogP contribution in [0.25, 0.3) is 0 Å². The first-order valence-corrected chi connectivity index (χ1v) is 27.0. The highest BCUT2D eigenvalue weighted by Crippen LogP contribution is 2.36. The third-order valence-electron chi connectivity index (χ3n) is 12.7. The highest BCUT2D eigenvalue weighted by Gasteiger charge is 2.58. The molecule has 4 amide bonds. The van der Waals surface area contributed by atoms with E-state index in [9.17, 15) is 39.3 Å². The standard InChI is InChI=1S/C53H99N5O10/c1-6-8-10-12-14-16-18-20-22-24-26-28-30-32-34-36-38-58(47(63)37-35-33-31-29-27-25-23-21-19-17-15-13-11-9-7-2)53(54)48(50(65)49(64)44(42-59)67-53)43(60)39-55-45(61)40-56-46(62)41-57-51(66)68-52(3,4)5/h21,23,44,48-50,59,64-65H,6-20,22,24-42,54H2,1-5H3,(H,55,61)(H,56,62)(H,57,66)/b23-21-/t44-,48-,49-,50-,53+/m1/s1. The zero-order valence-electron chi connectivity index (χ0n) is 43.4. The number of ketones is 1. The molecule has 0 saturated carbocycles. The molecule has 0 bridgehead atoms. The number of carbonyl (C=O) groups excluding carboxylic acids is 5. The first-order valence-electron chi connectivity index (χ1n) is 27.0. The minimum atomic E-state index is -2.25. The highest BCUT2D eigenvalue weighted by atomic mass is 16.6. The summed E-state index contributed by atoms with van der Waals surface area (Å²) in [6.45, 7) is 7.25. The molecule has 1 saturated heterocycles. The lowest BCUT2D eigenvalue weighted by atomic mass is 9.82. The maximum Gasteiger partial charge on any atom is 0.408 e. The Morgan fingerprint density at radius 3 is 1.47 bits per heavy atom. The molecule has 68 heavy (non-hydrogen) atoms. The Hall–Kier alpha value is -3.11. The maximum absolute atomic E-state index is 14.2. The summed E-state index contributed by atoms with van der Waals surface area (Å²) in [7, 11) is 0. The first-order chi connectivity index (χ1) is 32.6. The van der Waals surface area contributed by atoms with Crippen LogP contribution in [0, 0.1) is 5.92 Å². The number of nitrogens with two attached hydrogens (primary N) is 1. The zero-order valence-corrected chi connectivity index (χ0v) is 43.4. The van der Waals surface area contributed by atoms with Gasteiger partial charge in [-0.15, -0.1) is 0 Å². The second kappa shape index (κ2) is 38.6. The normalized spacial score (nSPS) is 19.5. The van der Waals surface area contributed by atoms with Gasteiger partial charge in [0.25, 0.3) is 0 Å². The van der Waals surface area contributed by atoms with Crippen molar-refractivity contribution in [2.24, 2.45) is 11.7 Å². The summed E-state index contributed by atoms with van der Waals surface area (Å²) in [6.07, 6.45) is 32.2. The van der Waals surface area contributed by atoms with Gasteiger partial charge in [0, 0.05) is 13.0 Å². The van der Waals surface area contributed by atoms with Crippen molar-refractivity contribution in [3.05, 3.63) is 12.2 Å². The SMILES string of the molecule is CCCCCCCC/C=C\CCCCCCCC(=O)N(CCCCCCCCCCCCCCCCCC)[C@]1(N)O[C@H](CO)[C@@H](O)[C@H](O)[C@H]1C(=O)CNC(=O)CNC(=O)CNC(=O)OC(C)(C)C. The van der Waals surface area contributed by atoms with Gasteiger partial charge >= 0.3 is 6.09 Å². The topological polar surface area (TPSA) is 230 Å². The molecule has 8 N–H and O–H groups in total. The van der Waals surface area contributed by atoms with Crippen LogP contribution in [0.1, 0.15) is 227 Å². The Kier molecular flexibility index (Phi) is 35.7. The third kappa shape index (κ3) is 29.2. The zero-order chi connectivity index (χ0) is 50.5. The van der Waals surface area contributed by atoms with E-state index in [0.29, 0.717) is 12.8 Å². The average molecular weight is 966 g/mol.